The fraction of sp³-hybridized carbons (Fsp3) is 0.400. The van der Waals surface area contributed by atoms with Crippen molar-refractivity contribution in [2.45, 2.75) is 12.3 Å². The Bertz CT molecular complexity index is 269. The predicted octanol–water partition coefficient (Wildman–Crippen LogP) is 2.46. The number of halogens is 5. The summed E-state index contributed by atoms with van der Waals surface area (Å²) in [7, 11) is 0. The molecule has 1 rings (SSSR count). The summed E-state index contributed by atoms with van der Waals surface area (Å²) in [5.41, 5.74) is -0.738. The highest BCUT2D eigenvalue weighted by atomic mass is 35.5. The zero-order valence-electron chi connectivity index (χ0n) is 5.52. The molecule has 1 aromatic heterocycles. The van der Waals surface area contributed by atoms with Crippen LogP contribution in [0.1, 0.15) is 11.9 Å². The molecule has 0 fully saturated rings. The van der Waals surface area contributed by atoms with Crippen molar-refractivity contribution in [3.8, 4) is 0 Å². The molecule has 0 amide bonds. The van der Waals surface area contributed by atoms with Crippen LogP contribution in [0.25, 0.3) is 0 Å². The Hall–Kier alpha value is -0.780. The van der Waals surface area contributed by atoms with Gasteiger partial charge in [0, 0.05) is 18.0 Å². The first-order valence-electron chi connectivity index (χ1n) is 2.84. The molecule has 7 heteroatoms. The third-order valence-corrected chi connectivity index (χ3v) is 1.31. The fourth-order valence-electron chi connectivity index (χ4n) is 0.618. The molecule has 0 bridgehead atoms. The predicted molar refractivity (Wildman–Crippen MR) is 33.4 cm³/mol. The zero-order valence-corrected chi connectivity index (χ0v) is 6.27. The van der Waals surface area contributed by atoms with Gasteiger partial charge in [-0.3, -0.25) is 0 Å². The maximum Gasteiger partial charge on any atom is 0.425 e. The first-order valence-corrected chi connectivity index (χ1v) is 3.17. The van der Waals surface area contributed by atoms with Gasteiger partial charge in [-0.15, -0.1) is 0 Å². The van der Waals surface area contributed by atoms with Crippen LogP contribution in [0.4, 0.5) is 17.6 Å². The topological polar surface area (TPSA) is 17.8 Å². The summed E-state index contributed by atoms with van der Waals surface area (Å²) in [6, 6.07) is 0.866. The van der Waals surface area contributed by atoms with Gasteiger partial charge < -0.3 is 0 Å². The van der Waals surface area contributed by atoms with Crippen molar-refractivity contribution in [1.29, 1.82) is 0 Å². The summed E-state index contributed by atoms with van der Waals surface area (Å²) in [5.74, 6) is 0. The molecular weight excluding hydrogens is 200 g/mol. The Morgan fingerprint density at radius 1 is 1.50 bits per heavy atom. The molecule has 1 heterocycles. The maximum atomic E-state index is 12.4. The average Bonchev–Trinajstić information content (AvgIpc) is 2.32. The molecule has 0 aliphatic rings. The van der Waals surface area contributed by atoms with Crippen LogP contribution in [0.5, 0.6) is 0 Å². The van der Waals surface area contributed by atoms with Crippen LogP contribution in [0.3, 0.4) is 0 Å². The Morgan fingerprint density at radius 3 is 2.42 bits per heavy atom. The van der Waals surface area contributed by atoms with E-state index in [4.69, 9.17) is 11.8 Å². The Balaban J connectivity index is 2.85. The molecule has 0 aromatic carbocycles. The van der Waals surface area contributed by atoms with E-state index in [9.17, 15) is 17.6 Å². The van der Waals surface area contributed by atoms with Crippen molar-refractivity contribution in [2.75, 3.05) is 0 Å². The lowest BCUT2D eigenvalue weighted by atomic mass is 10.3. The van der Waals surface area contributed by atoms with E-state index in [2.05, 4.69) is 5.10 Å². The molecule has 0 spiro atoms. The molecule has 2 nitrogen and oxygen atoms in total. The van der Waals surface area contributed by atoms with E-state index < -0.39 is 18.0 Å². The fourth-order valence-corrected chi connectivity index (χ4v) is 0.761. The molecule has 1 unspecified atom stereocenters. The minimum Gasteiger partial charge on any atom is -0.230 e. The molecule has 68 valence electrons. The van der Waals surface area contributed by atoms with E-state index in [0.29, 0.717) is 4.20 Å². The van der Waals surface area contributed by atoms with Gasteiger partial charge in [-0.05, 0) is 6.07 Å². The molecular formula is C5H3ClF4N2. The summed E-state index contributed by atoms with van der Waals surface area (Å²) in [4.78, 5) is 0. The third-order valence-electron chi connectivity index (χ3n) is 1.13. The Kier molecular flexibility index (Phi) is 2.27. The van der Waals surface area contributed by atoms with Crippen LogP contribution in [-0.4, -0.2) is 15.5 Å². The largest absolute Gasteiger partial charge is 0.425 e. The normalized spacial score (nSPS) is 14.8. The first-order chi connectivity index (χ1) is 5.41. The molecule has 0 aliphatic heterocycles. The summed E-state index contributed by atoms with van der Waals surface area (Å²) in [6.45, 7) is 0. The smallest absolute Gasteiger partial charge is 0.230 e. The summed E-state index contributed by atoms with van der Waals surface area (Å²) < 4.78 is 48.0. The maximum absolute atomic E-state index is 12.4. The Morgan fingerprint density at radius 2 is 2.08 bits per heavy atom. The molecule has 1 atom stereocenters. The van der Waals surface area contributed by atoms with Crippen molar-refractivity contribution in [1.82, 2.24) is 9.30 Å². The van der Waals surface area contributed by atoms with Crippen LogP contribution in [-0.2, 0) is 0 Å². The van der Waals surface area contributed by atoms with E-state index in [1.807, 2.05) is 0 Å². The minimum absolute atomic E-state index is 0.591. The van der Waals surface area contributed by atoms with Gasteiger partial charge in [-0.1, -0.05) is 0 Å². The number of alkyl halides is 4. The quantitative estimate of drug-likeness (QED) is 0.640. The molecule has 0 N–H and O–H groups in total. The van der Waals surface area contributed by atoms with E-state index >= 15 is 0 Å². The van der Waals surface area contributed by atoms with Crippen LogP contribution in [0.2, 0.25) is 0 Å². The Labute approximate surface area is 69.8 Å². The van der Waals surface area contributed by atoms with Crippen molar-refractivity contribution < 1.29 is 17.6 Å². The van der Waals surface area contributed by atoms with Crippen molar-refractivity contribution >= 4 is 11.8 Å². The van der Waals surface area contributed by atoms with Gasteiger partial charge in [-0.25, -0.2) is 4.39 Å². The van der Waals surface area contributed by atoms with Gasteiger partial charge in [-0.2, -0.15) is 22.5 Å². The highest BCUT2D eigenvalue weighted by molar-refractivity contribution is 6.14. The second-order valence-electron chi connectivity index (χ2n) is 2.03. The van der Waals surface area contributed by atoms with Crippen LogP contribution in [0, 0.1) is 0 Å². The van der Waals surface area contributed by atoms with Gasteiger partial charge >= 0.3 is 6.18 Å². The number of nitrogens with zero attached hydrogens (tertiary/aromatic N) is 2. The lowest BCUT2D eigenvalue weighted by molar-refractivity contribution is -0.183. The summed E-state index contributed by atoms with van der Waals surface area (Å²) in [5, 5.41) is 3.06. The van der Waals surface area contributed by atoms with Gasteiger partial charge in [0.1, 0.15) is 5.69 Å². The number of hydrogen-bond acceptors (Lipinski definition) is 1. The van der Waals surface area contributed by atoms with Gasteiger partial charge in [0.15, 0.2) is 0 Å². The molecule has 0 saturated heterocycles. The molecule has 0 radical (unpaired) electrons. The van der Waals surface area contributed by atoms with E-state index in [1.165, 1.54) is 0 Å². The van der Waals surface area contributed by atoms with Crippen LogP contribution in [0.15, 0.2) is 12.3 Å². The first kappa shape index (κ1) is 9.31. The standard InChI is InChI=1S/C5H3ClF4N2/c6-12-2-1-3(11-12)4(7)5(8,9)10/h1-2,4H. The van der Waals surface area contributed by atoms with Crippen LogP contribution >= 0.6 is 11.8 Å². The SMILES string of the molecule is FC(c1ccn(Cl)n1)C(F)(F)F. The van der Waals surface area contributed by atoms with Gasteiger partial charge in [0.25, 0.3) is 0 Å². The monoisotopic (exact) mass is 202 g/mol. The third kappa shape index (κ3) is 1.88. The molecule has 1 aromatic rings. The number of hydrogen-bond donors (Lipinski definition) is 0. The second kappa shape index (κ2) is 2.93. The van der Waals surface area contributed by atoms with Crippen molar-refractivity contribution in [3.05, 3.63) is 18.0 Å². The summed E-state index contributed by atoms with van der Waals surface area (Å²) in [6.07, 6.45) is -6.97. The second-order valence-corrected chi connectivity index (χ2v) is 2.38. The van der Waals surface area contributed by atoms with Gasteiger partial charge in [0.2, 0.25) is 6.17 Å². The van der Waals surface area contributed by atoms with E-state index in [1.54, 1.807) is 0 Å². The zero-order chi connectivity index (χ0) is 9.35. The average molecular weight is 203 g/mol. The lowest BCUT2D eigenvalue weighted by Gasteiger charge is -2.08. The molecule has 0 saturated carbocycles. The van der Waals surface area contributed by atoms with E-state index in [-0.39, 0.29) is 0 Å². The highest BCUT2D eigenvalue weighted by Gasteiger charge is 2.42. The van der Waals surface area contributed by atoms with E-state index in [0.717, 1.165) is 12.3 Å². The van der Waals surface area contributed by atoms with Crippen LogP contribution < -0.4 is 0 Å². The number of aromatic nitrogens is 2. The summed E-state index contributed by atoms with van der Waals surface area (Å²) >= 11 is 5.13. The van der Waals surface area contributed by atoms with Crippen molar-refractivity contribution in [3.63, 3.8) is 0 Å². The minimum atomic E-state index is -4.93. The highest BCUT2D eigenvalue weighted by Crippen LogP contribution is 2.34. The molecule has 12 heavy (non-hydrogen) atoms. The molecule has 0 aliphatic carbocycles. The lowest BCUT2D eigenvalue weighted by Crippen LogP contribution is -2.16. The number of rotatable bonds is 1. The van der Waals surface area contributed by atoms with Crippen molar-refractivity contribution in [2.24, 2.45) is 0 Å². The van der Waals surface area contributed by atoms with Gasteiger partial charge in [0.05, 0.1) is 0 Å².